The number of hydrogen-bond acceptors (Lipinski definition) is 6. The van der Waals surface area contributed by atoms with Gasteiger partial charge in [0.25, 0.3) is 0 Å². The van der Waals surface area contributed by atoms with Crippen molar-refractivity contribution in [2.75, 3.05) is 57.9 Å². The Bertz CT molecular complexity index is 1220. The van der Waals surface area contributed by atoms with E-state index in [0.29, 0.717) is 28.9 Å². The molecule has 2 aromatic carbocycles. The molecule has 41 heavy (non-hydrogen) atoms. The normalized spacial score (nSPS) is 17.8. The second kappa shape index (κ2) is 13.5. The number of carbonyl (C=O) groups is 1. The predicted octanol–water partition coefficient (Wildman–Crippen LogP) is 5.62. The van der Waals surface area contributed by atoms with Gasteiger partial charge in [-0.15, -0.1) is 0 Å². The Hall–Kier alpha value is -2.74. The molecular weight excluding hydrogens is 572 g/mol. The Morgan fingerprint density at radius 3 is 2.32 bits per heavy atom. The number of halogens is 6. The molecule has 0 aromatic heterocycles. The summed E-state index contributed by atoms with van der Waals surface area (Å²) in [5.41, 5.74) is -3.70. The number of likely N-dealkylation sites (tertiary alicyclic amines) is 1. The van der Waals surface area contributed by atoms with Crippen molar-refractivity contribution in [3.05, 3.63) is 59.2 Å². The summed E-state index contributed by atoms with van der Waals surface area (Å²) in [6, 6.07) is 8.66. The van der Waals surface area contributed by atoms with Gasteiger partial charge in [-0.2, -0.15) is 26.3 Å². The van der Waals surface area contributed by atoms with Gasteiger partial charge in [0.05, 0.1) is 30.9 Å². The number of nitrogens with zero attached hydrogens (tertiary/aromatic N) is 2. The number of benzene rings is 2. The van der Waals surface area contributed by atoms with Crippen LogP contribution in [0.15, 0.2) is 52.3 Å². The van der Waals surface area contributed by atoms with Gasteiger partial charge in [0, 0.05) is 60.3 Å². The fourth-order valence-corrected chi connectivity index (χ4v) is 5.96. The molecule has 0 spiro atoms. The lowest BCUT2D eigenvalue weighted by Crippen LogP contribution is -2.40. The third-order valence-electron chi connectivity index (χ3n) is 6.93. The third kappa shape index (κ3) is 8.40. The van der Waals surface area contributed by atoms with Crippen LogP contribution in [0.25, 0.3) is 6.08 Å². The molecule has 0 saturated carbocycles. The van der Waals surface area contributed by atoms with E-state index in [9.17, 15) is 31.1 Å². The summed E-state index contributed by atoms with van der Waals surface area (Å²) in [5, 5.41) is 12.5. The van der Waals surface area contributed by atoms with Crippen LogP contribution in [0.3, 0.4) is 0 Å². The number of amides is 1. The van der Waals surface area contributed by atoms with E-state index >= 15 is 0 Å². The van der Waals surface area contributed by atoms with E-state index in [1.807, 2.05) is 0 Å². The quantitative estimate of drug-likeness (QED) is 0.302. The van der Waals surface area contributed by atoms with Crippen LogP contribution in [-0.4, -0.2) is 79.4 Å². The number of β-amino-alcohol motifs (C(OH)–C–C–N with tert-alkyl or cyclic N) is 1. The predicted molar refractivity (Wildman–Crippen MR) is 144 cm³/mol. The fraction of sp³-hybridized carbons (Fsp3) is 0.464. The zero-order valence-electron chi connectivity index (χ0n) is 22.1. The number of aliphatic hydroxyl groups is 1. The summed E-state index contributed by atoms with van der Waals surface area (Å²) in [7, 11) is 0. The molecule has 2 aliphatic rings. The number of ether oxygens (including phenoxy) is 1. The number of hydrogen-bond donors (Lipinski definition) is 2. The van der Waals surface area contributed by atoms with Crippen molar-refractivity contribution in [1.82, 2.24) is 9.80 Å². The number of rotatable bonds is 8. The largest absolute Gasteiger partial charge is 0.418 e. The van der Waals surface area contributed by atoms with Crippen molar-refractivity contribution in [1.29, 1.82) is 0 Å². The van der Waals surface area contributed by atoms with Gasteiger partial charge < -0.3 is 25.0 Å². The molecule has 2 fully saturated rings. The van der Waals surface area contributed by atoms with Crippen LogP contribution in [-0.2, 0) is 21.9 Å². The number of piperidine rings is 1. The minimum absolute atomic E-state index is 0.0805. The molecule has 1 amide bonds. The van der Waals surface area contributed by atoms with Crippen LogP contribution >= 0.6 is 11.8 Å². The van der Waals surface area contributed by atoms with Crippen LogP contribution in [0.2, 0.25) is 0 Å². The highest BCUT2D eigenvalue weighted by Crippen LogP contribution is 2.48. The monoisotopic (exact) mass is 603 g/mol. The zero-order valence-corrected chi connectivity index (χ0v) is 22.9. The first-order valence-corrected chi connectivity index (χ1v) is 14.0. The number of morpholine rings is 1. The summed E-state index contributed by atoms with van der Waals surface area (Å²) in [5.74, 6) is -0.600. The molecule has 0 radical (unpaired) electrons. The summed E-state index contributed by atoms with van der Waals surface area (Å²) in [4.78, 5) is 15.7. The lowest BCUT2D eigenvalue weighted by molar-refractivity contribution is -0.163. The van der Waals surface area contributed by atoms with Gasteiger partial charge in [-0.3, -0.25) is 4.79 Å². The molecule has 2 saturated heterocycles. The van der Waals surface area contributed by atoms with E-state index in [1.165, 1.54) is 4.90 Å². The molecule has 2 aromatic rings. The first-order chi connectivity index (χ1) is 19.5. The average Bonchev–Trinajstić information content (AvgIpc) is 2.92. The maximum Gasteiger partial charge on any atom is 0.418 e. The molecule has 4 rings (SSSR count). The minimum atomic E-state index is -5.32. The van der Waals surface area contributed by atoms with Crippen LogP contribution in [0.5, 0.6) is 0 Å². The molecule has 224 valence electrons. The van der Waals surface area contributed by atoms with Crippen molar-refractivity contribution < 1.29 is 41.0 Å². The van der Waals surface area contributed by atoms with Crippen molar-refractivity contribution >= 4 is 29.4 Å². The molecule has 0 bridgehead atoms. The van der Waals surface area contributed by atoms with Crippen molar-refractivity contribution in [2.45, 2.75) is 41.0 Å². The Morgan fingerprint density at radius 2 is 1.68 bits per heavy atom. The number of carbonyl (C=O) groups excluding carboxylic acids is 1. The molecule has 0 unspecified atom stereocenters. The Kier molecular flexibility index (Phi) is 10.3. The second-order valence-corrected chi connectivity index (χ2v) is 10.9. The first kappa shape index (κ1) is 31.2. The van der Waals surface area contributed by atoms with Crippen LogP contribution in [0, 0.1) is 0 Å². The van der Waals surface area contributed by atoms with Gasteiger partial charge >= 0.3 is 12.4 Å². The summed E-state index contributed by atoms with van der Waals surface area (Å²) in [6.07, 6.45) is -7.34. The molecule has 2 heterocycles. The van der Waals surface area contributed by atoms with Gasteiger partial charge in [-0.25, -0.2) is 0 Å². The highest BCUT2D eigenvalue weighted by Gasteiger charge is 2.46. The van der Waals surface area contributed by atoms with Crippen LogP contribution in [0.4, 0.5) is 32.0 Å². The Balaban J connectivity index is 1.59. The topological polar surface area (TPSA) is 65.0 Å². The van der Waals surface area contributed by atoms with E-state index in [-0.39, 0.29) is 39.0 Å². The zero-order chi connectivity index (χ0) is 29.6. The van der Waals surface area contributed by atoms with Crippen molar-refractivity contribution in [3.63, 3.8) is 0 Å². The minimum Gasteiger partial charge on any atom is -0.395 e. The van der Waals surface area contributed by atoms with Gasteiger partial charge in [-0.1, -0.05) is 23.9 Å². The van der Waals surface area contributed by atoms with Gasteiger partial charge in [-0.05, 0) is 48.7 Å². The average molecular weight is 604 g/mol. The van der Waals surface area contributed by atoms with E-state index in [2.05, 4.69) is 10.2 Å². The van der Waals surface area contributed by atoms with Crippen LogP contribution < -0.4 is 5.32 Å². The number of alkyl halides is 6. The van der Waals surface area contributed by atoms with E-state index in [0.717, 1.165) is 50.2 Å². The highest BCUT2D eigenvalue weighted by molar-refractivity contribution is 7.99. The summed E-state index contributed by atoms with van der Waals surface area (Å²) >= 11 is 0.601. The first-order valence-electron chi connectivity index (χ1n) is 13.2. The highest BCUT2D eigenvalue weighted by atomic mass is 32.2. The van der Waals surface area contributed by atoms with Crippen molar-refractivity contribution in [2.24, 2.45) is 0 Å². The lowest BCUT2D eigenvalue weighted by Gasteiger charge is -2.32. The van der Waals surface area contributed by atoms with E-state index in [4.69, 9.17) is 9.84 Å². The van der Waals surface area contributed by atoms with Crippen LogP contribution in [0.1, 0.15) is 29.5 Å². The van der Waals surface area contributed by atoms with Gasteiger partial charge in [0.15, 0.2) is 0 Å². The molecule has 2 N–H and O–H groups in total. The molecule has 13 heteroatoms. The number of nitrogens with one attached hydrogen (secondary N) is 1. The smallest absolute Gasteiger partial charge is 0.395 e. The number of aliphatic hydroxyl groups excluding tert-OH is 1. The third-order valence-corrected chi connectivity index (χ3v) is 7.98. The van der Waals surface area contributed by atoms with Gasteiger partial charge in [0.2, 0.25) is 5.91 Å². The Labute approximate surface area is 238 Å². The number of anilines is 1. The molecule has 0 atom stereocenters. The maximum absolute atomic E-state index is 14.2. The van der Waals surface area contributed by atoms with E-state index in [1.54, 1.807) is 24.3 Å². The summed E-state index contributed by atoms with van der Waals surface area (Å²) < 4.78 is 90.3. The van der Waals surface area contributed by atoms with Gasteiger partial charge in [0.1, 0.15) is 0 Å². The standard InChI is InChI=1S/C28H31F6N3O3S/c29-27(30,31)25-19(5-7-24(39)37-13-16-40-17-14-37)4-6-23(26(25)28(32,33)34)41-22-3-1-2-21(18-22)35-20-8-10-36(11-9-20)12-15-38/h1-7,18,20,35,38H,8-17H2. The second-order valence-electron chi connectivity index (χ2n) is 9.78. The molecular formula is C28H31F6N3O3S. The fourth-order valence-electron chi connectivity index (χ4n) is 4.92. The molecule has 2 aliphatic heterocycles. The molecule has 6 nitrogen and oxygen atoms in total. The van der Waals surface area contributed by atoms with Crippen molar-refractivity contribution in [3.8, 4) is 0 Å². The Morgan fingerprint density at radius 1 is 1.00 bits per heavy atom. The van der Waals surface area contributed by atoms with E-state index < -0.39 is 39.8 Å². The molecule has 0 aliphatic carbocycles. The lowest BCUT2D eigenvalue weighted by atomic mass is 9.99. The SMILES string of the molecule is O=C(C=Cc1ccc(Sc2cccc(NC3CCN(CCO)CC3)c2)c(C(F)(F)F)c1C(F)(F)F)N1CCOCC1. The maximum atomic E-state index is 14.2. The summed E-state index contributed by atoms with van der Waals surface area (Å²) in [6.45, 7) is 3.30.